The van der Waals surface area contributed by atoms with Gasteiger partial charge in [-0.2, -0.15) is 0 Å². The number of carbonyl (C=O) groups excluding carboxylic acids is 1. The molecule has 0 spiro atoms. The number of hydrogen-bond donors (Lipinski definition) is 0. The highest BCUT2D eigenvalue weighted by atomic mass is 16.6. The van der Waals surface area contributed by atoms with Crippen LogP contribution in [0.15, 0.2) is 12.7 Å². The average molecular weight is 196 g/mol. The van der Waals surface area contributed by atoms with Crippen LogP contribution >= 0.6 is 0 Å². The van der Waals surface area contributed by atoms with Crippen molar-refractivity contribution in [1.82, 2.24) is 0 Å². The van der Waals surface area contributed by atoms with E-state index in [1.54, 1.807) is 6.08 Å². The minimum atomic E-state index is -0.374. The first-order chi connectivity index (χ1) is 6.49. The fourth-order valence-corrected chi connectivity index (χ4v) is 2.25. The molecule has 0 aliphatic heterocycles. The molecule has 1 fully saturated rings. The van der Waals surface area contributed by atoms with Gasteiger partial charge in [0.25, 0.3) is 0 Å². The molecule has 2 nitrogen and oxygen atoms in total. The molecule has 2 heteroatoms. The standard InChI is InChI=1S/C12H20O2/c1-5-12(14-10(4)13)7-6-11(8-12)9(2)3/h5,9,11H,1,6-8H2,2-4H3/t11-,12-/m0/s1. The maximum Gasteiger partial charge on any atom is 0.303 e. The second-order valence-electron chi connectivity index (χ2n) is 4.61. The Morgan fingerprint density at radius 3 is 2.64 bits per heavy atom. The van der Waals surface area contributed by atoms with Gasteiger partial charge in [0.1, 0.15) is 5.60 Å². The zero-order valence-corrected chi connectivity index (χ0v) is 9.38. The van der Waals surface area contributed by atoms with E-state index in [-0.39, 0.29) is 11.6 Å². The molecule has 0 saturated heterocycles. The number of esters is 1. The predicted octanol–water partition coefficient (Wildman–Crippen LogP) is 2.93. The molecule has 1 aliphatic carbocycles. The van der Waals surface area contributed by atoms with Gasteiger partial charge in [0.05, 0.1) is 0 Å². The smallest absolute Gasteiger partial charge is 0.303 e. The van der Waals surface area contributed by atoms with Crippen LogP contribution in [0.5, 0.6) is 0 Å². The third kappa shape index (κ3) is 2.37. The second-order valence-corrected chi connectivity index (χ2v) is 4.61. The van der Waals surface area contributed by atoms with E-state index in [9.17, 15) is 4.79 Å². The number of hydrogen-bond acceptors (Lipinski definition) is 2. The third-order valence-electron chi connectivity index (χ3n) is 3.21. The molecular weight excluding hydrogens is 176 g/mol. The Balaban J connectivity index is 2.65. The first-order valence-electron chi connectivity index (χ1n) is 5.32. The van der Waals surface area contributed by atoms with Gasteiger partial charge in [-0.05, 0) is 37.2 Å². The van der Waals surface area contributed by atoms with Gasteiger partial charge in [0, 0.05) is 6.92 Å². The SMILES string of the molecule is C=C[C@]1(OC(C)=O)CC[C@H](C(C)C)C1. The average Bonchev–Trinajstić information content (AvgIpc) is 2.49. The molecule has 0 bridgehead atoms. The lowest BCUT2D eigenvalue weighted by molar-refractivity contribution is -0.152. The molecule has 80 valence electrons. The van der Waals surface area contributed by atoms with Crippen molar-refractivity contribution in [2.24, 2.45) is 11.8 Å². The van der Waals surface area contributed by atoms with Crippen LogP contribution in [0.4, 0.5) is 0 Å². The van der Waals surface area contributed by atoms with Gasteiger partial charge in [-0.1, -0.05) is 20.4 Å². The van der Waals surface area contributed by atoms with Crippen molar-refractivity contribution in [3.05, 3.63) is 12.7 Å². The van der Waals surface area contributed by atoms with Crippen LogP contribution < -0.4 is 0 Å². The summed E-state index contributed by atoms with van der Waals surface area (Å²) in [6, 6.07) is 0. The lowest BCUT2D eigenvalue weighted by atomic mass is 9.92. The number of rotatable bonds is 3. The van der Waals surface area contributed by atoms with Crippen molar-refractivity contribution < 1.29 is 9.53 Å². The number of ether oxygens (including phenoxy) is 1. The summed E-state index contributed by atoms with van der Waals surface area (Å²) >= 11 is 0. The Bertz CT molecular complexity index is 232. The van der Waals surface area contributed by atoms with Crippen LogP contribution in [0.25, 0.3) is 0 Å². The zero-order chi connectivity index (χ0) is 10.8. The quantitative estimate of drug-likeness (QED) is 0.512. The fourth-order valence-electron chi connectivity index (χ4n) is 2.25. The van der Waals surface area contributed by atoms with Gasteiger partial charge < -0.3 is 4.74 Å². The summed E-state index contributed by atoms with van der Waals surface area (Å²) in [6.45, 7) is 9.69. The second kappa shape index (κ2) is 4.16. The van der Waals surface area contributed by atoms with E-state index in [1.807, 2.05) is 0 Å². The Hall–Kier alpha value is -0.790. The molecule has 1 saturated carbocycles. The van der Waals surface area contributed by atoms with Crippen molar-refractivity contribution in [3.63, 3.8) is 0 Å². The lowest BCUT2D eigenvalue weighted by Crippen LogP contribution is -2.29. The first kappa shape index (κ1) is 11.3. The summed E-state index contributed by atoms with van der Waals surface area (Å²) in [6.07, 6.45) is 4.81. The topological polar surface area (TPSA) is 26.3 Å². The van der Waals surface area contributed by atoms with E-state index in [4.69, 9.17) is 4.74 Å². The van der Waals surface area contributed by atoms with Crippen LogP contribution in [0.2, 0.25) is 0 Å². The van der Waals surface area contributed by atoms with E-state index in [1.165, 1.54) is 6.92 Å². The summed E-state index contributed by atoms with van der Waals surface area (Å²) in [5.74, 6) is 1.12. The summed E-state index contributed by atoms with van der Waals surface area (Å²) < 4.78 is 5.37. The van der Waals surface area contributed by atoms with Crippen LogP contribution in [0, 0.1) is 11.8 Å². The zero-order valence-electron chi connectivity index (χ0n) is 9.38. The Morgan fingerprint density at radius 1 is 1.64 bits per heavy atom. The summed E-state index contributed by atoms with van der Waals surface area (Å²) in [5.41, 5.74) is -0.374. The molecular formula is C12H20O2. The van der Waals surface area contributed by atoms with Gasteiger partial charge >= 0.3 is 5.97 Å². The summed E-state index contributed by atoms with van der Waals surface area (Å²) in [5, 5.41) is 0. The molecule has 0 heterocycles. The molecule has 0 aromatic heterocycles. The largest absolute Gasteiger partial charge is 0.455 e. The van der Waals surface area contributed by atoms with Crippen LogP contribution in [-0.4, -0.2) is 11.6 Å². The first-order valence-corrected chi connectivity index (χ1v) is 5.32. The Morgan fingerprint density at radius 2 is 2.29 bits per heavy atom. The summed E-state index contributed by atoms with van der Waals surface area (Å²) in [4.78, 5) is 11.0. The highest BCUT2D eigenvalue weighted by Crippen LogP contribution is 2.41. The van der Waals surface area contributed by atoms with E-state index >= 15 is 0 Å². The molecule has 0 radical (unpaired) electrons. The molecule has 0 aromatic rings. The normalized spacial score (nSPS) is 31.9. The minimum absolute atomic E-state index is 0.200. The van der Waals surface area contributed by atoms with Gasteiger partial charge in [-0.15, -0.1) is 0 Å². The molecule has 0 aromatic carbocycles. The van der Waals surface area contributed by atoms with Gasteiger partial charge in [-0.3, -0.25) is 4.79 Å². The van der Waals surface area contributed by atoms with Crippen molar-refractivity contribution in [2.75, 3.05) is 0 Å². The van der Waals surface area contributed by atoms with Crippen molar-refractivity contribution >= 4 is 5.97 Å². The van der Waals surface area contributed by atoms with E-state index < -0.39 is 0 Å². The number of carbonyl (C=O) groups is 1. The molecule has 0 amide bonds. The third-order valence-corrected chi connectivity index (χ3v) is 3.21. The Labute approximate surface area is 86.3 Å². The van der Waals surface area contributed by atoms with Crippen LogP contribution in [-0.2, 0) is 9.53 Å². The molecule has 0 unspecified atom stereocenters. The maximum absolute atomic E-state index is 11.0. The van der Waals surface area contributed by atoms with Crippen LogP contribution in [0.1, 0.15) is 40.0 Å². The fraction of sp³-hybridized carbons (Fsp3) is 0.750. The lowest BCUT2D eigenvalue weighted by Gasteiger charge is -2.25. The van der Waals surface area contributed by atoms with Crippen molar-refractivity contribution in [1.29, 1.82) is 0 Å². The van der Waals surface area contributed by atoms with E-state index in [0.29, 0.717) is 11.8 Å². The predicted molar refractivity (Wildman–Crippen MR) is 56.9 cm³/mol. The highest BCUT2D eigenvalue weighted by molar-refractivity contribution is 5.66. The summed E-state index contributed by atoms with van der Waals surface area (Å²) in [7, 11) is 0. The molecule has 14 heavy (non-hydrogen) atoms. The molecule has 0 N–H and O–H groups in total. The minimum Gasteiger partial charge on any atom is -0.455 e. The van der Waals surface area contributed by atoms with E-state index in [2.05, 4.69) is 20.4 Å². The van der Waals surface area contributed by atoms with Crippen molar-refractivity contribution in [3.8, 4) is 0 Å². The highest BCUT2D eigenvalue weighted by Gasteiger charge is 2.40. The van der Waals surface area contributed by atoms with Crippen molar-refractivity contribution in [2.45, 2.75) is 45.6 Å². The van der Waals surface area contributed by atoms with Gasteiger partial charge in [0.2, 0.25) is 0 Å². The van der Waals surface area contributed by atoms with Gasteiger partial charge in [-0.25, -0.2) is 0 Å². The molecule has 1 rings (SSSR count). The van der Waals surface area contributed by atoms with E-state index in [0.717, 1.165) is 19.3 Å². The molecule has 2 atom stereocenters. The monoisotopic (exact) mass is 196 g/mol. The van der Waals surface area contributed by atoms with Gasteiger partial charge in [0.15, 0.2) is 0 Å². The maximum atomic E-state index is 11.0. The van der Waals surface area contributed by atoms with Crippen LogP contribution in [0.3, 0.4) is 0 Å². The Kier molecular flexibility index (Phi) is 3.35. The molecule has 1 aliphatic rings.